The van der Waals surface area contributed by atoms with Gasteiger partial charge in [0.05, 0.1) is 10.2 Å². The molecule has 6 rings (SSSR count). The Morgan fingerprint density at radius 2 is 1.95 bits per heavy atom. The van der Waals surface area contributed by atoms with Gasteiger partial charge in [-0.25, -0.2) is 4.68 Å². The Hall–Kier alpha value is -4.89. The molecule has 0 N–H and O–H groups in total. The van der Waals surface area contributed by atoms with Crippen LogP contribution in [0.3, 0.4) is 0 Å². The van der Waals surface area contributed by atoms with E-state index in [-0.39, 0.29) is 5.56 Å². The fourth-order valence-electron chi connectivity index (χ4n) is 4.15. The molecule has 9 heteroatoms. The quantitative estimate of drug-likeness (QED) is 0.290. The Morgan fingerprint density at radius 3 is 2.68 bits per heavy atom. The molecule has 0 saturated heterocycles. The molecule has 2 aromatic carbocycles. The van der Waals surface area contributed by atoms with Gasteiger partial charge in [0.2, 0.25) is 4.96 Å². The molecule has 0 radical (unpaired) electrons. The maximum absolute atomic E-state index is 13.3. The summed E-state index contributed by atoms with van der Waals surface area (Å²) in [6.45, 7) is 6.16. The molecule has 0 spiro atoms. The number of hydrogen-bond donors (Lipinski definition) is 0. The van der Waals surface area contributed by atoms with Gasteiger partial charge in [-0.05, 0) is 61.0 Å². The predicted octanol–water partition coefficient (Wildman–Crippen LogP) is 4.49. The molecule has 0 aliphatic heterocycles. The van der Waals surface area contributed by atoms with Crippen LogP contribution >= 0.6 is 11.3 Å². The van der Waals surface area contributed by atoms with E-state index in [0.29, 0.717) is 21.9 Å². The molecule has 0 saturated carbocycles. The van der Waals surface area contributed by atoms with Crippen LogP contribution in [0.1, 0.15) is 11.1 Å². The number of pyridine rings is 1. The molecule has 0 aliphatic rings. The number of para-hydroxylation sites is 1. The lowest BCUT2D eigenvalue weighted by Gasteiger charge is -2.08. The molecule has 0 amide bonds. The summed E-state index contributed by atoms with van der Waals surface area (Å²) in [4.78, 5) is 22.5. The zero-order valence-electron chi connectivity index (χ0n) is 20.5. The number of fused-ring (bicyclic) bond motifs is 1. The third-order valence-electron chi connectivity index (χ3n) is 5.97. The Bertz CT molecular complexity index is 1870. The van der Waals surface area contributed by atoms with Gasteiger partial charge in [0.25, 0.3) is 5.56 Å². The van der Waals surface area contributed by atoms with Crippen molar-refractivity contribution in [3.05, 3.63) is 118 Å². The molecule has 0 bridgehead atoms. The van der Waals surface area contributed by atoms with Gasteiger partial charge in [0, 0.05) is 35.3 Å². The van der Waals surface area contributed by atoms with Crippen molar-refractivity contribution >= 4 is 22.4 Å². The van der Waals surface area contributed by atoms with Crippen LogP contribution in [0.25, 0.3) is 39.4 Å². The van der Waals surface area contributed by atoms with Gasteiger partial charge >= 0.3 is 0 Å². The second-order valence-electron chi connectivity index (χ2n) is 8.58. The van der Waals surface area contributed by atoms with Crippen molar-refractivity contribution in [1.29, 1.82) is 0 Å². The maximum Gasteiger partial charge on any atom is 0.291 e. The Morgan fingerprint density at radius 1 is 1.08 bits per heavy atom. The minimum absolute atomic E-state index is 0.226. The first kappa shape index (κ1) is 23.5. The van der Waals surface area contributed by atoms with Crippen LogP contribution in [0.4, 0.5) is 0 Å². The minimum Gasteiger partial charge on any atom is -0.490 e. The fraction of sp³-hybridized carbons (Fsp3) is 0.0690. The van der Waals surface area contributed by atoms with E-state index in [1.165, 1.54) is 15.9 Å². The lowest BCUT2D eigenvalue weighted by Crippen LogP contribution is -2.23. The predicted molar refractivity (Wildman–Crippen MR) is 149 cm³/mol. The zero-order chi connectivity index (χ0) is 26.1. The summed E-state index contributed by atoms with van der Waals surface area (Å²) in [5, 5.41) is 9.34. The summed E-state index contributed by atoms with van der Waals surface area (Å²) in [6, 6.07) is 19.4. The Balaban J connectivity index is 1.47. The number of aromatic nitrogens is 6. The van der Waals surface area contributed by atoms with Crippen molar-refractivity contribution < 1.29 is 4.74 Å². The van der Waals surface area contributed by atoms with Crippen molar-refractivity contribution in [3.8, 4) is 34.1 Å². The van der Waals surface area contributed by atoms with Gasteiger partial charge in [-0.3, -0.25) is 9.78 Å². The normalized spacial score (nSPS) is 11.8. The Labute approximate surface area is 221 Å². The first-order chi connectivity index (χ1) is 18.6. The SMILES string of the molecule is C=CCOc1ccc(-c2nn(-c3ccccc3)cc2C=c2sc3nc(-c4cccnc4)nn3c2=O)c(C)c1. The van der Waals surface area contributed by atoms with E-state index in [1.807, 2.05) is 84.5 Å². The van der Waals surface area contributed by atoms with E-state index in [1.54, 1.807) is 18.5 Å². The monoisotopic (exact) mass is 518 g/mol. The lowest BCUT2D eigenvalue weighted by molar-refractivity contribution is 0.363. The highest BCUT2D eigenvalue weighted by Gasteiger charge is 2.16. The molecule has 38 heavy (non-hydrogen) atoms. The van der Waals surface area contributed by atoms with Gasteiger partial charge in [-0.1, -0.05) is 42.2 Å². The summed E-state index contributed by atoms with van der Waals surface area (Å²) in [5.74, 6) is 1.23. The summed E-state index contributed by atoms with van der Waals surface area (Å²) < 4.78 is 9.39. The van der Waals surface area contributed by atoms with Crippen molar-refractivity contribution in [2.24, 2.45) is 0 Å². The average Bonchev–Trinajstić information content (AvgIpc) is 3.64. The van der Waals surface area contributed by atoms with Crippen molar-refractivity contribution in [3.63, 3.8) is 0 Å². The smallest absolute Gasteiger partial charge is 0.291 e. The first-order valence-corrected chi connectivity index (χ1v) is 12.7. The van der Waals surface area contributed by atoms with E-state index in [2.05, 4.69) is 21.6 Å². The number of nitrogens with zero attached hydrogens (tertiary/aromatic N) is 6. The molecule has 186 valence electrons. The number of rotatable bonds is 7. The van der Waals surface area contributed by atoms with Crippen molar-refractivity contribution in [1.82, 2.24) is 29.4 Å². The maximum atomic E-state index is 13.3. The van der Waals surface area contributed by atoms with Crippen molar-refractivity contribution in [2.75, 3.05) is 6.61 Å². The van der Waals surface area contributed by atoms with Crippen LogP contribution in [0.15, 0.2) is 96.7 Å². The highest BCUT2D eigenvalue weighted by molar-refractivity contribution is 7.15. The molecule has 0 unspecified atom stereocenters. The molecule has 0 atom stereocenters. The summed E-state index contributed by atoms with van der Waals surface area (Å²) in [5.41, 5.74) is 4.98. The second-order valence-corrected chi connectivity index (χ2v) is 9.59. The number of ether oxygens (including phenoxy) is 1. The zero-order valence-corrected chi connectivity index (χ0v) is 21.3. The van der Waals surface area contributed by atoms with Crippen LogP contribution in [0.2, 0.25) is 0 Å². The molecular weight excluding hydrogens is 496 g/mol. The third kappa shape index (κ3) is 4.39. The Kier molecular flexibility index (Phi) is 6.11. The summed E-state index contributed by atoms with van der Waals surface area (Å²) >= 11 is 1.29. The highest BCUT2D eigenvalue weighted by atomic mass is 32.1. The standard InChI is InChI=1S/C29H22N6O2S/c1-3-14-37-23-11-12-24(19(2)15-23)26-21(18-34(32-26)22-9-5-4-6-10-22)16-25-28(36)35-29(38-25)31-27(33-35)20-8-7-13-30-17-20/h3-13,15-18H,1,14H2,2H3. The number of benzene rings is 2. The van der Waals surface area contributed by atoms with Gasteiger partial charge < -0.3 is 4.74 Å². The number of thiazole rings is 1. The summed E-state index contributed by atoms with van der Waals surface area (Å²) in [6.07, 6.45) is 8.87. The highest BCUT2D eigenvalue weighted by Crippen LogP contribution is 2.30. The largest absolute Gasteiger partial charge is 0.490 e. The van der Waals surface area contributed by atoms with Crippen molar-refractivity contribution in [2.45, 2.75) is 6.92 Å². The second kappa shape index (κ2) is 9.87. The van der Waals surface area contributed by atoms with Gasteiger partial charge in [-0.15, -0.1) is 5.10 Å². The van der Waals surface area contributed by atoms with E-state index >= 15 is 0 Å². The van der Waals surface area contributed by atoms with E-state index < -0.39 is 0 Å². The van der Waals surface area contributed by atoms with Crippen LogP contribution < -0.4 is 14.8 Å². The van der Waals surface area contributed by atoms with Crippen LogP contribution in [0.5, 0.6) is 5.75 Å². The minimum atomic E-state index is -0.226. The molecule has 8 nitrogen and oxygen atoms in total. The molecule has 6 aromatic rings. The molecular formula is C29H22N6O2S. The van der Waals surface area contributed by atoms with E-state index in [9.17, 15) is 4.79 Å². The van der Waals surface area contributed by atoms with E-state index in [0.717, 1.165) is 39.4 Å². The topological polar surface area (TPSA) is 87.2 Å². The summed E-state index contributed by atoms with van der Waals surface area (Å²) in [7, 11) is 0. The van der Waals surface area contributed by atoms with Gasteiger partial charge in [0.1, 0.15) is 18.1 Å². The van der Waals surface area contributed by atoms with E-state index in [4.69, 9.17) is 9.84 Å². The molecule has 4 aromatic heterocycles. The van der Waals surface area contributed by atoms with Crippen LogP contribution in [0, 0.1) is 6.92 Å². The number of aryl methyl sites for hydroxylation is 1. The number of hydrogen-bond acceptors (Lipinski definition) is 7. The van der Waals surface area contributed by atoms with Gasteiger partial charge in [-0.2, -0.15) is 14.6 Å². The van der Waals surface area contributed by atoms with Crippen LogP contribution in [-0.2, 0) is 0 Å². The van der Waals surface area contributed by atoms with Crippen LogP contribution in [-0.4, -0.2) is 36.0 Å². The molecule has 0 aliphatic carbocycles. The first-order valence-electron chi connectivity index (χ1n) is 11.9. The molecule has 0 fully saturated rings. The lowest BCUT2D eigenvalue weighted by atomic mass is 10.0. The fourth-order valence-corrected chi connectivity index (χ4v) is 5.05. The average molecular weight is 519 g/mol. The molecule has 4 heterocycles. The van der Waals surface area contributed by atoms with Gasteiger partial charge in [0.15, 0.2) is 5.82 Å². The third-order valence-corrected chi connectivity index (χ3v) is 6.93.